The number of thioether (sulfide) groups is 1. The third kappa shape index (κ3) is 5.65. The monoisotopic (exact) mass is 462 g/mol. The van der Waals surface area contributed by atoms with Crippen molar-refractivity contribution in [1.82, 2.24) is 15.1 Å². The number of nitrogens with zero attached hydrogens (tertiary/aromatic N) is 3. The van der Waals surface area contributed by atoms with E-state index in [0.29, 0.717) is 25.5 Å². The first-order valence-electron chi connectivity index (χ1n) is 9.52. The van der Waals surface area contributed by atoms with Gasteiger partial charge in [-0.05, 0) is 35.6 Å². The lowest BCUT2D eigenvalue weighted by Crippen LogP contribution is -2.27. The lowest BCUT2D eigenvalue weighted by molar-refractivity contribution is -0.127. The molecule has 1 N–H and O–H groups in total. The summed E-state index contributed by atoms with van der Waals surface area (Å²) in [5.41, 5.74) is 1.01. The summed E-state index contributed by atoms with van der Waals surface area (Å²) in [5, 5.41) is 14.5. The van der Waals surface area contributed by atoms with Crippen LogP contribution in [0.3, 0.4) is 0 Å². The molecule has 158 valence electrons. The van der Waals surface area contributed by atoms with Crippen molar-refractivity contribution in [3.63, 3.8) is 0 Å². The van der Waals surface area contributed by atoms with Gasteiger partial charge >= 0.3 is 0 Å². The van der Waals surface area contributed by atoms with Gasteiger partial charge in [-0.15, -0.1) is 21.5 Å². The molecule has 1 aromatic carbocycles. The lowest BCUT2D eigenvalue weighted by atomic mass is 10.2. The average Bonchev–Trinajstić information content (AvgIpc) is 3.44. The van der Waals surface area contributed by atoms with Crippen molar-refractivity contribution in [3.8, 4) is 11.5 Å². The number of ether oxygens (including phenoxy) is 2. The zero-order valence-corrected chi connectivity index (χ0v) is 18.9. The first kappa shape index (κ1) is 21.0. The Morgan fingerprint density at radius 1 is 1.23 bits per heavy atom. The van der Waals surface area contributed by atoms with Gasteiger partial charge in [0.25, 0.3) is 0 Å². The zero-order chi connectivity index (χ0) is 20.8. The van der Waals surface area contributed by atoms with Crippen molar-refractivity contribution in [2.24, 2.45) is 0 Å². The Bertz CT molecular complexity index is 978. The van der Waals surface area contributed by atoms with Crippen LogP contribution in [0.1, 0.15) is 10.4 Å². The summed E-state index contributed by atoms with van der Waals surface area (Å²) in [5.74, 6) is 1.86. The molecule has 0 spiro atoms. The molecule has 1 aliphatic heterocycles. The Morgan fingerprint density at radius 2 is 2.10 bits per heavy atom. The van der Waals surface area contributed by atoms with Crippen LogP contribution in [0.2, 0.25) is 0 Å². The summed E-state index contributed by atoms with van der Waals surface area (Å²) < 4.78 is 11.9. The Kier molecular flexibility index (Phi) is 7.08. The standard InChI is InChI=1S/C20H22N4O3S3/c1-24(12-14-4-5-16-17(11-14)27-9-8-26-16)18(25)13-29-20-23-22-19(30-20)21-7-6-15-3-2-10-28-15/h2-5,10-11H,6-9,12-13H2,1H3,(H,21,22). The minimum atomic E-state index is 0.0392. The molecule has 3 heterocycles. The first-order chi connectivity index (χ1) is 14.7. The molecule has 1 aliphatic rings. The van der Waals surface area contributed by atoms with Gasteiger partial charge in [-0.1, -0.05) is 35.2 Å². The summed E-state index contributed by atoms with van der Waals surface area (Å²) >= 11 is 4.64. The molecule has 1 amide bonds. The van der Waals surface area contributed by atoms with Gasteiger partial charge in [0, 0.05) is 25.0 Å². The fraction of sp³-hybridized carbons (Fsp3) is 0.350. The van der Waals surface area contributed by atoms with Gasteiger partial charge in [-0.3, -0.25) is 4.79 Å². The number of nitrogens with one attached hydrogen (secondary N) is 1. The van der Waals surface area contributed by atoms with Crippen LogP contribution in [-0.2, 0) is 17.8 Å². The van der Waals surface area contributed by atoms with Crippen molar-refractivity contribution in [3.05, 3.63) is 46.2 Å². The highest BCUT2D eigenvalue weighted by Gasteiger charge is 2.15. The van der Waals surface area contributed by atoms with E-state index in [9.17, 15) is 4.79 Å². The number of thiophene rings is 1. The molecule has 2 aromatic heterocycles. The molecule has 0 bridgehead atoms. The lowest BCUT2D eigenvalue weighted by Gasteiger charge is -2.21. The van der Waals surface area contributed by atoms with E-state index < -0.39 is 0 Å². The number of fused-ring (bicyclic) bond motifs is 1. The third-order valence-electron chi connectivity index (χ3n) is 4.41. The van der Waals surface area contributed by atoms with Crippen LogP contribution in [0.25, 0.3) is 0 Å². The summed E-state index contributed by atoms with van der Waals surface area (Å²) in [4.78, 5) is 15.6. The number of aromatic nitrogens is 2. The molecule has 4 rings (SSSR count). The summed E-state index contributed by atoms with van der Waals surface area (Å²) in [6.45, 7) is 2.45. The van der Waals surface area contributed by atoms with E-state index in [2.05, 4.69) is 33.0 Å². The molecule has 7 nitrogen and oxygen atoms in total. The quantitative estimate of drug-likeness (QED) is 0.485. The molecule has 0 atom stereocenters. The van der Waals surface area contributed by atoms with E-state index in [1.54, 1.807) is 23.3 Å². The van der Waals surface area contributed by atoms with Crippen molar-refractivity contribution in [2.45, 2.75) is 17.3 Å². The Labute approximate surface area is 187 Å². The van der Waals surface area contributed by atoms with Gasteiger partial charge in [0.1, 0.15) is 13.2 Å². The van der Waals surface area contributed by atoms with E-state index in [1.165, 1.54) is 28.0 Å². The maximum absolute atomic E-state index is 12.5. The van der Waals surface area contributed by atoms with E-state index in [0.717, 1.165) is 39.5 Å². The number of benzene rings is 1. The number of carbonyl (C=O) groups is 1. The normalized spacial score (nSPS) is 12.6. The molecule has 0 saturated heterocycles. The van der Waals surface area contributed by atoms with Crippen LogP contribution in [0.4, 0.5) is 5.13 Å². The van der Waals surface area contributed by atoms with Gasteiger partial charge in [0.2, 0.25) is 11.0 Å². The van der Waals surface area contributed by atoms with E-state index in [1.807, 2.05) is 18.2 Å². The topological polar surface area (TPSA) is 76.6 Å². The number of anilines is 1. The van der Waals surface area contributed by atoms with Gasteiger partial charge in [-0.2, -0.15) is 0 Å². The highest BCUT2D eigenvalue weighted by atomic mass is 32.2. The summed E-state index contributed by atoms with van der Waals surface area (Å²) in [6, 6.07) is 9.97. The minimum absolute atomic E-state index is 0.0392. The predicted molar refractivity (Wildman–Crippen MR) is 121 cm³/mol. The maximum atomic E-state index is 12.5. The fourth-order valence-electron chi connectivity index (χ4n) is 2.87. The first-order valence-corrected chi connectivity index (χ1v) is 12.2. The molecular formula is C20H22N4O3S3. The molecule has 0 fully saturated rings. The second-order valence-electron chi connectivity index (χ2n) is 6.65. The van der Waals surface area contributed by atoms with Crippen LogP contribution in [0.5, 0.6) is 11.5 Å². The number of rotatable bonds is 9. The molecule has 30 heavy (non-hydrogen) atoms. The number of hydrogen-bond acceptors (Lipinski definition) is 9. The average molecular weight is 463 g/mol. The van der Waals surface area contributed by atoms with E-state index >= 15 is 0 Å². The molecule has 0 aliphatic carbocycles. The predicted octanol–water partition coefficient (Wildman–Crippen LogP) is 3.78. The number of amides is 1. The van der Waals surface area contributed by atoms with Crippen LogP contribution in [-0.4, -0.2) is 53.6 Å². The second-order valence-corrected chi connectivity index (χ2v) is 9.88. The highest BCUT2D eigenvalue weighted by molar-refractivity contribution is 8.01. The fourth-order valence-corrected chi connectivity index (χ4v) is 5.30. The van der Waals surface area contributed by atoms with E-state index in [4.69, 9.17) is 9.47 Å². The van der Waals surface area contributed by atoms with Crippen LogP contribution < -0.4 is 14.8 Å². The highest BCUT2D eigenvalue weighted by Crippen LogP contribution is 2.31. The van der Waals surface area contributed by atoms with E-state index in [-0.39, 0.29) is 5.91 Å². The molecule has 3 aromatic rings. The zero-order valence-electron chi connectivity index (χ0n) is 16.5. The number of carbonyl (C=O) groups excluding carboxylic acids is 1. The maximum Gasteiger partial charge on any atom is 0.233 e. The van der Waals surface area contributed by atoms with Crippen molar-refractivity contribution >= 4 is 45.5 Å². The largest absolute Gasteiger partial charge is 0.486 e. The molecular weight excluding hydrogens is 440 g/mol. The van der Waals surface area contributed by atoms with Crippen molar-refractivity contribution < 1.29 is 14.3 Å². The second kappa shape index (κ2) is 10.1. The van der Waals surface area contributed by atoms with Crippen molar-refractivity contribution in [1.29, 1.82) is 0 Å². The Hall–Kier alpha value is -2.30. The number of hydrogen-bond donors (Lipinski definition) is 1. The smallest absolute Gasteiger partial charge is 0.233 e. The molecule has 10 heteroatoms. The van der Waals surface area contributed by atoms with Gasteiger partial charge in [-0.25, -0.2) is 0 Å². The minimum Gasteiger partial charge on any atom is -0.486 e. The van der Waals surface area contributed by atoms with Gasteiger partial charge in [0.05, 0.1) is 5.75 Å². The van der Waals surface area contributed by atoms with Crippen LogP contribution in [0.15, 0.2) is 40.1 Å². The van der Waals surface area contributed by atoms with Crippen LogP contribution in [0, 0.1) is 0 Å². The van der Waals surface area contributed by atoms with Gasteiger partial charge in [0.15, 0.2) is 15.8 Å². The van der Waals surface area contributed by atoms with Gasteiger partial charge < -0.3 is 19.7 Å². The van der Waals surface area contributed by atoms with Crippen molar-refractivity contribution in [2.75, 3.05) is 37.9 Å². The molecule has 0 unspecified atom stereocenters. The third-order valence-corrected chi connectivity index (χ3v) is 7.34. The Balaban J connectivity index is 1.22. The summed E-state index contributed by atoms with van der Waals surface area (Å²) in [7, 11) is 1.80. The SMILES string of the molecule is CN(Cc1ccc2c(c1)OCCO2)C(=O)CSc1nnc(NCCc2cccs2)s1. The Morgan fingerprint density at radius 3 is 2.93 bits per heavy atom. The van der Waals surface area contributed by atoms with Crippen LogP contribution >= 0.6 is 34.4 Å². The molecule has 0 radical (unpaired) electrons. The summed E-state index contributed by atoms with van der Waals surface area (Å²) in [6.07, 6.45) is 0.961. The molecule has 0 saturated carbocycles.